The van der Waals surface area contributed by atoms with Gasteiger partial charge in [0.25, 0.3) is 0 Å². The highest BCUT2D eigenvalue weighted by atomic mass is 19.2. The second-order valence-electron chi connectivity index (χ2n) is 5.32. The van der Waals surface area contributed by atoms with Gasteiger partial charge in [-0.15, -0.1) is 10.0 Å². The Labute approximate surface area is 145 Å². The molecular formula is C18H21FN2O4. The minimum absolute atomic E-state index is 0.146. The van der Waals surface area contributed by atoms with Crippen molar-refractivity contribution in [2.75, 3.05) is 0 Å². The number of benzene rings is 2. The number of carboxylic acid groups (broad SMARTS) is 2. The average molecular weight is 348 g/mol. The van der Waals surface area contributed by atoms with E-state index in [1.807, 2.05) is 36.4 Å². The van der Waals surface area contributed by atoms with Gasteiger partial charge < -0.3 is 15.9 Å². The summed E-state index contributed by atoms with van der Waals surface area (Å²) in [6, 6.07) is 16.3. The third-order valence-corrected chi connectivity index (χ3v) is 3.33. The monoisotopic (exact) mass is 348 g/mol. The molecule has 0 spiro atoms. The molecule has 0 bridgehead atoms. The summed E-state index contributed by atoms with van der Waals surface area (Å²) in [4.78, 5) is 20.8. The first-order valence-corrected chi connectivity index (χ1v) is 7.59. The van der Waals surface area contributed by atoms with Gasteiger partial charge in [-0.1, -0.05) is 60.7 Å². The molecule has 25 heavy (non-hydrogen) atoms. The molecule has 0 saturated heterocycles. The molecule has 0 aliphatic rings. The Morgan fingerprint density at radius 3 is 1.68 bits per heavy atom. The lowest BCUT2D eigenvalue weighted by Crippen LogP contribution is -2.33. The van der Waals surface area contributed by atoms with Gasteiger partial charge in [-0.25, -0.2) is 0 Å². The Bertz CT molecular complexity index is 653. The van der Waals surface area contributed by atoms with E-state index in [-0.39, 0.29) is 6.42 Å². The van der Waals surface area contributed by atoms with Crippen LogP contribution in [0.4, 0.5) is 4.48 Å². The second kappa shape index (κ2) is 10.9. The van der Waals surface area contributed by atoms with Gasteiger partial charge in [-0.3, -0.25) is 9.59 Å². The number of carboxylic acids is 2. The van der Waals surface area contributed by atoms with Crippen LogP contribution in [0, 0.1) is 0 Å². The molecule has 6 nitrogen and oxygen atoms in total. The van der Waals surface area contributed by atoms with Gasteiger partial charge in [0.15, 0.2) is 0 Å². The van der Waals surface area contributed by atoms with Crippen LogP contribution in [0.5, 0.6) is 0 Å². The summed E-state index contributed by atoms with van der Waals surface area (Å²) >= 11 is 0. The van der Waals surface area contributed by atoms with Crippen LogP contribution in [-0.2, 0) is 22.4 Å². The smallest absolute Gasteiger partial charge is 0.323 e. The molecule has 134 valence electrons. The van der Waals surface area contributed by atoms with Gasteiger partial charge in [0, 0.05) is 6.42 Å². The molecule has 2 atom stereocenters. The topological polar surface area (TPSA) is 113 Å². The molecule has 0 amide bonds. The fraction of sp³-hybridized carbons (Fsp3) is 0.222. The summed E-state index contributed by atoms with van der Waals surface area (Å²) < 4.78 is 12.0. The van der Waals surface area contributed by atoms with E-state index in [0.717, 1.165) is 11.1 Å². The van der Waals surface area contributed by atoms with Gasteiger partial charge in [0.2, 0.25) is 0 Å². The van der Waals surface area contributed by atoms with E-state index in [1.54, 1.807) is 24.3 Å². The Balaban J connectivity index is 0.000000251. The first kappa shape index (κ1) is 20.3. The summed E-state index contributed by atoms with van der Waals surface area (Å²) in [5.74, 6) is -2.15. The van der Waals surface area contributed by atoms with Crippen molar-refractivity contribution in [3.63, 3.8) is 0 Å². The van der Waals surface area contributed by atoms with Crippen LogP contribution in [-0.4, -0.2) is 34.2 Å². The fourth-order valence-corrected chi connectivity index (χ4v) is 1.98. The number of halogens is 1. The number of carbonyl (C=O) groups is 2. The molecule has 7 heteroatoms. The molecule has 0 aromatic heterocycles. The number of nitrogens with one attached hydrogen (secondary N) is 1. The van der Waals surface area contributed by atoms with Crippen LogP contribution in [0.2, 0.25) is 0 Å². The standard InChI is InChI=1S/C9H10FNO2.C9H11NO2/c10-11-8(9(12)13)6-7-4-2-1-3-5-7;10-8(9(11)12)6-7-4-2-1-3-5-7/h1-5,8,11H,6H2,(H,12,13);1-5,8H,6,10H2,(H,11,12)/t2*8-/m00/s1. The summed E-state index contributed by atoms with van der Waals surface area (Å²) in [6.07, 6.45) is 0.531. The third kappa shape index (κ3) is 8.05. The number of hydrogen-bond donors (Lipinski definition) is 4. The van der Waals surface area contributed by atoms with E-state index in [0.29, 0.717) is 6.42 Å². The van der Waals surface area contributed by atoms with Crippen LogP contribution in [0.1, 0.15) is 11.1 Å². The summed E-state index contributed by atoms with van der Waals surface area (Å²) in [7, 11) is 0. The minimum atomic E-state index is -1.19. The molecule has 2 rings (SSSR count). The lowest BCUT2D eigenvalue weighted by atomic mass is 10.1. The van der Waals surface area contributed by atoms with Gasteiger partial charge in [-0.2, -0.15) is 0 Å². The zero-order valence-electron chi connectivity index (χ0n) is 13.5. The van der Waals surface area contributed by atoms with E-state index in [9.17, 15) is 14.1 Å². The van der Waals surface area contributed by atoms with Crippen molar-refractivity contribution in [1.29, 1.82) is 0 Å². The van der Waals surface area contributed by atoms with E-state index in [4.69, 9.17) is 15.9 Å². The van der Waals surface area contributed by atoms with Gasteiger partial charge in [0.1, 0.15) is 12.1 Å². The maximum absolute atomic E-state index is 12.0. The number of hydrogen-bond acceptors (Lipinski definition) is 4. The molecular weight excluding hydrogens is 327 g/mol. The molecule has 0 aliphatic carbocycles. The highest BCUT2D eigenvalue weighted by molar-refractivity contribution is 5.74. The molecule has 0 unspecified atom stereocenters. The normalized spacial score (nSPS) is 12.4. The van der Waals surface area contributed by atoms with E-state index in [1.165, 1.54) is 5.54 Å². The van der Waals surface area contributed by atoms with E-state index >= 15 is 0 Å². The predicted octanol–water partition coefficient (Wildman–Crippen LogP) is 1.80. The van der Waals surface area contributed by atoms with Crippen LogP contribution in [0.25, 0.3) is 0 Å². The fourth-order valence-electron chi connectivity index (χ4n) is 1.98. The van der Waals surface area contributed by atoms with Crippen LogP contribution >= 0.6 is 0 Å². The number of aliphatic carboxylic acids is 2. The van der Waals surface area contributed by atoms with Crippen LogP contribution in [0.15, 0.2) is 60.7 Å². The number of rotatable bonds is 7. The minimum Gasteiger partial charge on any atom is -0.480 e. The predicted molar refractivity (Wildman–Crippen MR) is 91.6 cm³/mol. The van der Waals surface area contributed by atoms with Crippen LogP contribution in [0.3, 0.4) is 0 Å². The third-order valence-electron chi connectivity index (χ3n) is 3.33. The summed E-state index contributed by atoms with van der Waals surface area (Å²) in [5.41, 5.74) is 8.34. The van der Waals surface area contributed by atoms with E-state index in [2.05, 4.69) is 0 Å². The molecule has 0 heterocycles. The maximum atomic E-state index is 12.0. The van der Waals surface area contributed by atoms with Crippen molar-refractivity contribution < 1.29 is 24.3 Å². The SMILES string of the molecule is N[C@@H](Cc1ccccc1)C(=O)O.O=C(O)[C@H](Cc1ccccc1)NF. The molecule has 5 N–H and O–H groups in total. The zero-order valence-corrected chi connectivity index (χ0v) is 13.5. The van der Waals surface area contributed by atoms with Gasteiger partial charge in [0.05, 0.1) is 0 Å². The van der Waals surface area contributed by atoms with Crippen molar-refractivity contribution in [1.82, 2.24) is 5.54 Å². The maximum Gasteiger partial charge on any atom is 0.323 e. The lowest BCUT2D eigenvalue weighted by molar-refractivity contribution is -0.141. The molecule has 2 aromatic carbocycles. The highest BCUT2D eigenvalue weighted by Crippen LogP contribution is 2.03. The molecule has 2 aromatic rings. The Hall–Kier alpha value is -2.77. The van der Waals surface area contributed by atoms with Gasteiger partial charge in [-0.05, 0) is 17.5 Å². The largest absolute Gasteiger partial charge is 0.480 e. The van der Waals surface area contributed by atoms with Crippen LogP contribution < -0.4 is 11.3 Å². The highest BCUT2D eigenvalue weighted by Gasteiger charge is 2.16. The first-order valence-electron chi connectivity index (χ1n) is 7.59. The average Bonchev–Trinajstić information content (AvgIpc) is 2.61. The summed E-state index contributed by atoms with van der Waals surface area (Å²) in [6.45, 7) is 0. The number of nitrogens with two attached hydrogens (primary N) is 1. The molecule has 0 aliphatic heterocycles. The quantitative estimate of drug-likeness (QED) is 0.568. The molecule has 0 radical (unpaired) electrons. The molecule has 0 saturated carbocycles. The molecule has 0 fully saturated rings. The van der Waals surface area contributed by atoms with Crippen molar-refractivity contribution in [2.45, 2.75) is 24.9 Å². The van der Waals surface area contributed by atoms with Crippen molar-refractivity contribution in [3.05, 3.63) is 71.8 Å². The zero-order chi connectivity index (χ0) is 18.7. The van der Waals surface area contributed by atoms with Crippen molar-refractivity contribution in [3.8, 4) is 0 Å². The van der Waals surface area contributed by atoms with E-state index < -0.39 is 24.0 Å². The van der Waals surface area contributed by atoms with Crippen molar-refractivity contribution in [2.24, 2.45) is 5.73 Å². The summed E-state index contributed by atoms with van der Waals surface area (Å²) in [5, 5.41) is 17.1. The Kier molecular flexibility index (Phi) is 8.84. The Morgan fingerprint density at radius 1 is 0.880 bits per heavy atom. The Morgan fingerprint density at radius 2 is 1.32 bits per heavy atom. The van der Waals surface area contributed by atoms with Gasteiger partial charge >= 0.3 is 11.9 Å². The second-order valence-corrected chi connectivity index (χ2v) is 5.32. The lowest BCUT2D eigenvalue weighted by Gasteiger charge is -2.07. The first-order chi connectivity index (χ1) is 11.9. The van der Waals surface area contributed by atoms with Crippen molar-refractivity contribution >= 4 is 11.9 Å².